The summed E-state index contributed by atoms with van der Waals surface area (Å²) in [7, 11) is 0. The molecule has 0 saturated heterocycles. The summed E-state index contributed by atoms with van der Waals surface area (Å²) < 4.78 is 5.26. The molecule has 0 bridgehead atoms. The van der Waals surface area contributed by atoms with Crippen molar-refractivity contribution < 1.29 is 9.53 Å². The highest BCUT2D eigenvalue weighted by atomic mass is 16.5. The molecule has 0 spiro atoms. The third-order valence-corrected chi connectivity index (χ3v) is 3.97. The van der Waals surface area contributed by atoms with Crippen LogP contribution in [-0.2, 0) is 9.53 Å². The van der Waals surface area contributed by atoms with E-state index in [-0.39, 0.29) is 12.1 Å². The zero-order valence-corrected chi connectivity index (χ0v) is 13.6. The van der Waals surface area contributed by atoms with Gasteiger partial charge in [-0.1, -0.05) is 61.5 Å². The molecule has 0 aliphatic heterocycles. The van der Waals surface area contributed by atoms with Crippen molar-refractivity contribution in [3.63, 3.8) is 0 Å². The molecule has 0 heterocycles. The SMILES string of the molecule is CCC(CC(C)OC(C)=O)c1ccc(-c2ccccc2)cc1. The summed E-state index contributed by atoms with van der Waals surface area (Å²) in [5.41, 5.74) is 3.77. The first-order valence-electron chi connectivity index (χ1n) is 7.92. The first-order valence-corrected chi connectivity index (χ1v) is 7.92. The van der Waals surface area contributed by atoms with Crippen LogP contribution in [0.15, 0.2) is 54.6 Å². The molecule has 0 fully saturated rings. The number of carbonyl (C=O) groups excluding carboxylic acids is 1. The minimum atomic E-state index is -0.207. The molecule has 2 rings (SSSR count). The van der Waals surface area contributed by atoms with E-state index in [1.807, 2.05) is 13.0 Å². The van der Waals surface area contributed by atoms with Crippen LogP contribution in [0, 0.1) is 0 Å². The Labute approximate surface area is 133 Å². The number of hydrogen-bond acceptors (Lipinski definition) is 2. The predicted octanol–water partition coefficient (Wildman–Crippen LogP) is 5.19. The van der Waals surface area contributed by atoms with E-state index < -0.39 is 0 Å². The molecule has 0 aromatic heterocycles. The van der Waals surface area contributed by atoms with Crippen LogP contribution < -0.4 is 0 Å². The molecule has 2 unspecified atom stereocenters. The number of ether oxygens (including phenoxy) is 1. The largest absolute Gasteiger partial charge is 0.463 e. The van der Waals surface area contributed by atoms with Crippen molar-refractivity contribution in [3.8, 4) is 11.1 Å². The van der Waals surface area contributed by atoms with Gasteiger partial charge in [0, 0.05) is 6.92 Å². The van der Waals surface area contributed by atoms with E-state index in [9.17, 15) is 4.79 Å². The normalized spacial score (nSPS) is 13.4. The lowest BCUT2D eigenvalue weighted by molar-refractivity contribution is -0.145. The van der Waals surface area contributed by atoms with Gasteiger partial charge in [-0.3, -0.25) is 4.79 Å². The lowest BCUT2D eigenvalue weighted by Crippen LogP contribution is -2.15. The molecule has 0 saturated carbocycles. The van der Waals surface area contributed by atoms with Gasteiger partial charge in [0.2, 0.25) is 0 Å². The average Bonchev–Trinajstić information content (AvgIpc) is 2.53. The van der Waals surface area contributed by atoms with Crippen molar-refractivity contribution >= 4 is 5.97 Å². The Morgan fingerprint density at radius 1 is 1.00 bits per heavy atom. The van der Waals surface area contributed by atoms with Crippen molar-refractivity contribution in [2.24, 2.45) is 0 Å². The summed E-state index contributed by atoms with van der Waals surface area (Å²) in [5.74, 6) is 0.209. The quantitative estimate of drug-likeness (QED) is 0.686. The highest BCUT2D eigenvalue weighted by molar-refractivity contribution is 5.66. The summed E-state index contributed by atoms with van der Waals surface area (Å²) >= 11 is 0. The fourth-order valence-electron chi connectivity index (χ4n) is 2.85. The zero-order chi connectivity index (χ0) is 15.9. The fraction of sp³-hybridized carbons (Fsp3) is 0.350. The lowest BCUT2D eigenvalue weighted by Gasteiger charge is -2.20. The third-order valence-electron chi connectivity index (χ3n) is 3.97. The number of esters is 1. The molecule has 0 amide bonds. The highest BCUT2D eigenvalue weighted by Crippen LogP contribution is 2.28. The van der Waals surface area contributed by atoms with Gasteiger partial charge in [0.1, 0.15) is 0 Å². The second-order valence-corrected chi connectivity index (χ2v) is 5.75. The van der Waals surface area contributed by atoms with Crippen molar-refractivity contribution in [1.29, 1.82) is 0 Å². The standard InChI is InChI=1S/C20H24O2/c1-4-17(14-15(2)22-16(3)21)19-10-12-20(13-11-19)18-8-6-5-7-9-18/h5-13,15,17H,4,14H2,1-3H3. The minimum Gasteiger partial charge on any atom is -0.463 e. The maximum Gasteiger partial charge on any atom is 0.302 e. The van der Waals surface area contributed by atoms with Crippen molar-refractivity contribution in [1.82, 2.24) is 0 Å². The van der Waals surface area contributed by atoms with Crippen molar-refractivity contribution in [3.05, 3.63) is 60.2 Å². The molecule has 22 heavy (non-hydrogen) atoms. The summed E-state index contributed by atoms with van der Waals surface area (Å²) in [4.78, 5) is 11.0. The Morgan fingerprint density at radius 2 is 1.59 bits per heavy atom. The van der Waals surface area contributed by atoms with Crippen LogP contribution in [0.1, 0.15) is 45.1 Å². The zero-order valence-electron chi connectivity index (χ0n) is 13.6. The molecule has 2 aromatic carbocycles. The second kappa shape index (κ2) is 7.79. The molecule has 0 N–H and O–H groups in total. The molecule has 2 heteroatoms. The van der Waals surface area contributed by atoms with E-state index in [1.54, 1.807) is 0 Å². The van der Waals surface area contributed by atoms with Crippen molar-refractivity contribution in [2.75, 3.05) is 0 Å². The van der Waals surface area contributed by atoms with Crippen LogP contribution >= 0.6 is 0 Å². The van der Waals surface area contributed by atoms with Gasteiger partial charge in [0.25, 0.3) is 0 Å². The summed E-state index contributed by atoms with van der Waals surface area (Å²) in [6, 6.07) is 19.1. The van der Waals surface area contributed by atoms with Crippen LogP contribution in [0.2, 0.25) is 0 Å². The Hall–Kier alpha value is -2.09. The molecule has 0 aliphatic rings. The van der Waals surface area contributed by atoms with E-state index in [1.165, 1.54) is 23.6 Å². The average molecular weight is 296 g/mol. The highest BCUT2D eigenvalue weighted by Gasteiger charge is 2.15. The molecule has 2 aromatic rings. The maximum absolute atomic E-state index is 11.0. The van der Waals surface area contributed by atoms with Crippen LogP contribution in [0.25, 0.3) is 11.1 Å². The van der Waals surface area contributed by atoms with Crippen LogP contribution in [0.3, 0.4) is 0 Å². The molecule has 0 aliphatic carbocycles. The summed E-state index contributed by atoms with van der Waals surface area (Å²) in [6.45, 7) is 5.60. The lowest BCUT2D eigenvalue weighted by atomic mass is 9.90. The summed E-state index contributed by atoms with van der Waals surface area (Å²) in [5, 5.41) is 0. The fourth-order valence-corrected chi connectivity index (χ4v) is 2.85. The number of carbonyl (C=O) groups is 1. The predicted molar refractivity (Wildman–Crippen MR) is 90.8 cm³/mol. The van der Waals surface area contributed by atoms with Gasteiger partial charge in [-0.2, -0.15) is 0 Å². The van der Waals surface area contributed by atoms with Crippen LogP contribution in [0.5, 0.6) is 0 Å². The van der Waals surface area contributed by atoms with E-state index in [2.05, 4.69) is 55.5 Å². The third kappa shape index (κ3) is 4.45. The topological polar surface area (TPSA) is 26.3 Å². The smallest absolute Gasteiger partial charge is 0.302 e. The second-order valence-electron chi connectivity index (χ2n) is 5.75. The Morgan fingerprint density at radius 3 is 2.14 bits per heavy atom. The molecular weight excluding hydrogens is 272 g/mol. The van der Waals surface area contributed by atoms with Gasteiger partial charge in [-0.15, -0.1) is 0 Å². The number of hydrogen-bond donors (Lipinski definition) is 0. The van der Waals surface area contributed by atoms with Gasteiger partial charge in [-0.05, 0) is 42.4 Å². The Bertz CT molecular complexity index is 587. The first-order chi connectivity index (χ1) is 10.6. The molecule has 2 nitrogen and oxygen atoms in total. The summed E-state index contributed by atoms with van der Waals surface area (Å²) in [6.07, 6.45) is 1.85. The van der Waals surface area contributed by atoms with Gasteiger partial charge < -0.3 is 4.74 Å². The van der Waals surface area contributed by atoms with Crippen LogP contribution in [0.4, 0.5) is 0 Å². The van der Waals surface area contributed by atoms with Gasteiger partial charge >= 0.3 is 5.97 Å². The molecule has 0 radical (unpaired) electrons. The number of rotatable bonds is 6. The van der Waals surface area contributed by atoms with Crippen LogP contribution in [-0.4, -0.2) is 12.1 Å². The molecular formula is C20H24O2. The maximum atomic E-state index is 11.0. The first kappa shape index (κ1) is 16.3. The molecule has 116 valence electrons. The monoisotopic (exact) mass is 296 g/mol. The van der Waals surface area contributed by atoms with E-state index >= 15 is 0 Å². The van der Waals surface area contributed by atoms with Gasteiger partial charge in [0.15, 0.2) is 0 Å². The van der Waals surface area contributed by atoms with Gasteiger partial charge in [-0.25, -0.2) is 0 Å². The van der Waals surface area contributed by atoms with E-state index in [0.29, 0.717) is 5.92 Å². The van der Waals surface area contributed by atoms with E-state index in [0.717, 1.165) is 12.8 Å². The van der Waals surface area contributed by atoms with E-state index in [4.69, 9.17) is 4.74 Å². The van der Waals surface area contributed by atoms with Crippen molar-refractivity contribution in [2.45, 2.75) is 45.6 Å². The number of benzene rings is 2. The molecule has 2 atom stereocenters. The Kier molecular flexibility index (Phi) is 5.76. The Balaban J connectivity index is 2.09. The van der Waals surface area contributed by atoms with Gasteiger partial charge in [0.05, 0.1) is 6.10 Å². The minimum absolute atomic E-state index is 0.0451.